The normalized spacial score (nSPS) is 10.9. The van der Waals surface area contributed by atoms with Crippen molar-refractivity contribution in [2.45, 2.75) is 13.1 Å². The first-order valence-corrected chi connectivity index (χ1v) is 8.86. The number of rotatable bonds is 7. The zero-order valence-electron chi connectivity index (χ0n) is 15.8. The fraction of sp³-hybridized carbons (Fsp3) is 0.182. The van der Waals surface area contributed by atoms with Crippen molar-refractivity contribution in [1.82, 2.24) is 9.88 Å². The number of amides is 1. The molecule has 0 aliphatic rings. The van der Waals surface area contributed by atoms with E-state index in [4.69, 9.17) is 9.47 Å². The van der Waals surface area contributed by atoms with Gasteiger partial charge in [0.05, 0.1) is 19.6 Å². The molecule has 28 heavy (non-hydrogen) atoms. The SMILES string of the molecule is COc1cc2ccn(C/C=C/C(=O)NCc3ccccc3)c(=O)c2cc1OC. The van der Waals surface area contributed by atoms with Crippen molar-refractivity contribution in [3.63, 3.8) is 0 Å². The van der Waals surface area contributed by atoms with Crippen molar-refractivity contribution in [3.8, 4) is 11.5 Å². The third-order valence-corrected chi connectivity index (χ3v) is 4.36. The van der Waals surface area contributed by atoms with Gasteiger partial charge >= 0.3 is 0 Å². The summed E-state index contributed by atoms with van der Waals surface area (Å²) >= 11 is 0. The van der Waals surface area contributed by atoms with E-state index in [0.29, 0.717) is 30.0 Å². The number of nitrogens with one attached hydrogen (secondary N) is 1. The van der Waals surface area contributed by atoms with Crippen LogP contribution in [-0.2, 0) is 17.9 Å². The molecule has 144 valence electrons. The molecule has 0 bridgehead atoms. The molecule has 1 aromatic heterocycles. The highest BCUT2D eigenvalue weighted by molar-refractivity contribution is 5.87. The van der Waals surface area contributed by atoms with Crippen LogP contribution in [0.2, 0.25) is 0 Å². The van der Waals surface area contributed by atoms with Gasteiger partial charge in [0.25, 0.3) is 5.56 Å². The maximum absolute atomic E-state index is 12.7. The fourth-order valence-electron chi connectivity index (χ4n) is 2.87. The van der Waals surface area contributed by atoms with E-state index in [1.807, 2.05) is 36.4 Å². The molecule has 0 radical (unpaired) electrons. The molecule has 3 rings (SSSR count). The predicted octanol–water partition coefficient (Wildman–Crippen LogP) is 2.89. The van der Waals surface area contributed by atoms with Gasteiger partial charge < -0.3 is 19.4 Å². The first-order chi connectivity index (χ1) is 13.6. The van der Waals surface area contributed by atoms with E-state index in [2.05, 4.69) is 5.32 Å². The number of fused-ring (bicyclic) bond motifs is 1. The topological polar surface area (TPSA) is 69.6 Å². The minimum Gasteiger partial charge on any atom is -0.493 e. The van der Waals surface area contributed by atoms with Crippen molar-refractivity contribution in [3.05, 3.63) is 82.8 Å². The Bertz CT molecular complexity index is 1060. The maximum Gasteiger partial charge on any atom is 0.258 e. The third-order valence-electron chi connectivity index (χ3n) is 4.36. The molecule has 2 aromatic carbocycles. The number of aromatic nitrogens is 1. The van der Waals surface area contributed by atoms with Gasteiger partial charge in [-0.25, -0.2) is 0 Å². The van der Waals surface area contributed by atoms with Crippen LogP contribution in [0, 0.1) is 0 Å². The number of allylic oxidation sites excluding steroid dienone is 1. The summed E-state index contributed by atoms with van der Waals surface area (Å²) in [7, 11) is 3.08. The smallest absolute Gasteiger partial charge is 0.258 e. The lowest BCUT2D eigenvalue weighted by molar-refractivity contribution is -0.116. The van der Waals surface area contributed by atoms with Gasteiger partial charge in [-0.1, -0.05) is 36.4 Å². The van der Waals surface area contributed by atoms with Gasteiger partial charge in [0, 0.05) is 25.4 Å². The van der Waals surface area contributed by atoms with Crippen molar-refractivity contribution in [2.24, 2.45) is 0 Å². The standard InChI is InChI=1S/C22H22N2O4/c1-27-19-13-17-10-12-24(22(26)18(17)14-20(19)28-2)11-6-9-21(25)23-15-16-7-4-3-5-8-16/h3-10,12-14H,11,15H2,1-2H3,(H,23,25)/b9-6+. The van der Waals surface area contributed by atoms with Crippen LogP contribution < -0.4 is 20.3 Å². The van der Waals surface area contributed by atoms with Crippen LogP contribution in [0.5, 0.6) is 11.5 Å². The third kappa shape index (κ3) is 4.40. The molecule has 1 heterocycles. The molecular weight excluding hydrogens is 356 g/mol. The number of methoxy groups -OCH3 is 2. The second kappa shape index (κ2) is 8.90. The van der Waals surface area contributed by atoms with E-state index in [9.17, 15) is 9.59 Å². The van der Waals surface area contributed by atoms with E-state index < -0.39 is 0 Å². The van der Waals surface area contributed by atoms with Crippen molar-refractivity contribution >= 4 is 16.7 Å². The molecule has 6 nitrogen and oxygen atoms in total. The van der Waals surface area contributed by atoms with Crippen molar-refractivity contribution < 1.29 is 14.3 Å². The Hall–Kier alpha value is -3.54. The highest BCUT2D eigenvalue weighted by Crippen LogP contribution is 2.30. The molecule has 0 aliphatic heterocycles. The molecule has 0 saturated carbocycles. The molecule has 3 aromatic rings. The van der Waals surface area contributed by atoms with Crippen LogP contribution in [0.4, 0.5) is 0 Å². The quantitative estimate of drug-likeness (QED) is 0.642. The summed E-state index contributed by atoms with van der Waals surface area (Å²) in [4.78, 5) is 24.7. The second-order valence-electron chi connectivity index (χ2n) is 6.17. The lowest BCUT2D eigenvalue weighted by Crippen LogP contribution is -2.21. The summed E-state index contributed by atoms with van der Waals surface area (Å²) in [5.74, 6) is 0.868. The number of carbonyl (C=O) groups excluding carboxylic acids is 1. The first kappa shape index (κ1) is 19.2. The number of ether oxygens (including phenoxy) is 2. The summed E-state index contributed by atoms with van der Waals surface area (Å²) in [5, 5.41) is 4.11. The largest absolute Gasteiger partial charge is 0.493 e. The van der Waals surface area contributed by atoms with Gasteiger partial charge in [-0.3, -0.25) is 9.59 Å². The Morgan fingerprint density at radius 3 is 2.50 bits per heavy atom. The molecule has 0 atom stereocenters. The van der Waals surface area contributed by atoms with Gasteiger partial charge in [-0.05, 0) is 29.1 Å². The van der Waals surface area contributed by atoms with Crippen molar-refractivity contribution in [2.75, 3.05) is 14.2 Å². The zero-order chi connectivity index (χ0) is 19.9. The maximum atomic E-state index is 12.7. The second-order valence-corrected chi connectivity index (χ2v) is 6.17. The van der Waals surface area contributed by atoms with Gasteiger partial charge in [0.15, 0.2) is 11.5 Å². The molecule has 0 aliphatic carbocycles. The minimum atomic E-state index is -0.205. The Morgan fingerprint density at radius 1 is 1.07 bits per heavy atom. The fourth-order valence-corrected chi connectivity index (χ4v) is 2.87. The minimum absolute atomic E-state index is 0.159. The van der Waals surface area contributed by atoms with Crippen molar-refractivity contribution in [1.29, 1.82) is 0 Å². The van der Waals surface area contributed by atoms with E-state index in [1.165, 1.54) is 17.8 Å². The van der Waals surface area contributed by atoms with Crippen LogP contribution in [0.15, 0.2) is 71.7 Å². The molecule has 6 heteroatoms. The van der Waals surface area contributed by atoms with Crippen LogP contribution in [0.3, 0.4) is 0 Å². The number of benzene rings is 2. The number of hydrogen-bond donors (Lipinski definition) is 1. The Labute approximate surface area is 163 Å². The molecule has 1 amide bonds. The Morgan fingerprint density at radius 2 is 1.79 bits per heavy atom. The molecule has 0 saturated heterocycles. The summed E-state index contributed by atoms with van der Waals surface area (Å²) < 4.78 is 12.1. The lowest BCUT2D eigenvalue weighted by Gasteiger charge is -2.10. The average Bonchev–Trinajstić information content (AvgIpc) is 2.73. The summed E-state index contributed by atoms with van der Waals surface area (Å²) in [6, 6.07) is 14.9. The number of hydrogen-bond acceptors (Lipinski definition) is 4. The molecular formula is C22H22N2O4. The predicted molar refractivity (Wildman–Crippen MR) is 109 cm³/mol. The van der Waals surface area contributed by atoms with Crippen LogP contribution >= 0.6 is 0 Å². The highest BCUT2D eigenvalue weighted by atomic mass is 16.5. The van der Waals surface area contributed by atoms with Crippen LogP contribution in [0.1, 0.15) is 5.56 Å². The average molecular weight is 378 g/mol. The number of pyridine rings is 1. The van der Waals surface area contributed by atoms with E-state index in [1.54, 1.807) is 31.5 Å². The zero-order valence-corrected chi connectivity index (χ0v) is 15.8. The van der Waals surface area contributed by atoms with Gasteiger partial charge in [0.1, 0.15) is 0 Å². The first-order valence-electron chi connectivity index (χ1n) is 8.86. The van der Waals surface area contributed by atoms with E-state index in [-0.39, 0.29) is 11.5 Å². The van der Waals surface area contributed by atoms with Gasteiger partial charge in [-0.15, -0.1) is 0 Å². The van der Waals surface area contributed by atoms with Gasteiger partial charge in [-0.2, -0.15) is 0 Å². The molecule has 1 N–H and O–H groups in total. The van der Waals surface area contributed by atoms with E-state index in [0.717, 1.165) is 10.9 Å². The molecule has 0 spiro atoms. The Balaban J connectivity index is 1.70. The van der Waals surface area contributed by atoms with Crippen LogP contribution in [0.25, 0.3) is 10.8 Å². The lowest BCUT2D eigenvalue weighted by atomic mass is 10.1. The Kier molecular flexibility index (Phi) is 6.11. The highest BCUT2D eigenvalue weighted by Gasteiger charge is 2.09. The monoisotopic (exact) mass is 378 g/mol. The summed E-state index contributed by atoms with van der Waals surface area (Å²) in [6.45, 7) is 0.753. The number of nitrogens with zero attached hydrogens (tertiary/aromatic N) is 1. The number of carbonyl (C=O) groups is 1. The molecule has 0 unspecified atom stereocenters. The van der Waals surface area contributed by atoms with E-state index >= 15 is 0 Å². The summed E-state index contributed by atoms with van der Waals surface area (Å²) in [6.07, 6.45) is 4.80. The molecule has 0 fully saturated rings. The van der Waals surface area contributed by atoms with Gasteiger partial charge in [0.2, 0.25) is 5.91 Å². The summed E-state index contributed by atoms with van der Waals surface area (Å²) in [5.41, 5.74) is 0.868. The van der Waals surface area contributed by atoms with Crippen LogP contribution in [-0.4, -0.2) is 24.7 Å².